The molecule has 132 valence electrons. The molecule has 2 aromatic rings. The SMILES string of the molecule is C#CCNC(=NCc1cccc(OCc2ccccn2)c1)NCC.I. The third-order valence-electron chi connectivity index (χ3n) is 3.13. The van der Waals surface area contributed by atoms with Crippen molar-refractivity contribution in [1.82, 2.24) is 15.6 Å². The number of halogens is 1. The smallest absolute Gasteiger partial charge is 0.192 e. The van der Waals surface area contributed by atoms with Gasteiger partial charge in [-0.3, -0.25) is 4.98 Å². The molecule has 0 atom stereocenters. The molecule has 0 saturated heterocycles. The third-order valence-corrected chi connectivity index (χ3v) is 3.13. The van der Waals surface area contributed by atoms with E-state index in [1.807, 2.05) is 49.4 Å². The Labute approximate surface area is 166 Å². The van der Waals surface area contributed by atoms with Gasteiger partial charge in [0.1, 0.15) is 12.4 Å². The Kier molecular flexibility index (Phi) is 10.1. The number of rotatable bonds is 7. The molecule has 0 saturated carbocycles. The molecule has 1 heterocycles. The second kappa shape index (κ2) is 12.1. The minimum atomic E-state index is 0. The number of aromatic nitrogens is 1. The topological polar surface area (TPSA) is 58.5 Å². The standard InChI is InChI=1S/C19H22N4O.HI/c1-3-11-22-19(20-4-2)23-14-16-8-7-10-18(13-16)24-15-17-9-5-6-12-21-17;/h1,5-10,12-13H,4,11,14-15H2,2H3,(H2,20,22,23);1H. The van der Waals surface area contributed by atoms with Gasteiger partial charge >= 0.3 is 0 Å². The molecule has 0 radical (unpaired) electrons. The first-order chi connectivity index (χ1) is 11.8. The van der Waals surface area contributed by atoms with E-state index >= 15 is 0 Å². The fourth-order valence-corrected chi connectivity index (χ4v) is 2.02. The molecule has 0 unspecified atom stereocenters. The fraction of sp³-hybridized carbons (Fsp3) is 0.263. The van der Waals surface area contributed by atoms with Gasteiger partial charge in [-0.15, -0.1) is 30.4 Å². The van der Waals surface area contributed by atoms with Crippen LogP contribution in [0.3, 0.4) is 0 Å². The summed E-state index contributed by atoms with van der Waals surface area (Å²) in [6.45, 7) is 4.22. The first-order valence-electron chi connectivity index (χ1n) is 7.89. The molecular formula is C19H23IN4O. The Bertz CT molecular complexity index is 698. The summed E-state index contributed by atoms with van der Waals surface area (Å²) in [5.74, 6) is 4.04. The van der Waals surface area contributed by atoms with Crippen LogP contribution >= 0.6 is 24.0 Å². The molecule has 0 aliphatic heterocycles. The Morgan fingerprint density at radius 2 is 2.12 bits per heavy atom. The summed E-state index contributed by atoms with van der Waals surface area (Å²) in [4.78, 5) is 8.76. The Balaban J connectivity index is 0.00000312. The monoisotopic (exact) mass is 450 g/mol. The number of ether oxygens (including phenoxy) is 1. The predicted octanol–water partition coefficient (Wildman–Crippen LogP) is 2.97. The molecule has 0 amide bonds. The summed E-state index contributed by atoms with van der Waals surface area (Å²) in [7, 11) is 0. The normalized spacial score (nSPS) is 10.3. The Morgan fingerprint density at radius 1 is 1.24 bits per heavy atom. The van der Waals surface area contributed by atoms with E-state index in [2.05, 4.69) is 26.5 Å². The van der Waals surface area contributed by atoms with Gasteiger partial charge in [-0.2, -0.15) is 0 Å². The quantitative estimate of drug-likeness (QED) is 0.295. The molecule has 2 rings (SSSR count). The lowest BCUT2D eigenvalue weighted by Crippen LogP contribution is -2.37. The lowest BCUT2D eigenvalue weighted by molar-refractivity contribution is 0.301. The molecule has 0 spiro atoms. The van der Waals surface area contributed by atoms with Gasteiger partial charge in [0.25, 0.3) is 0 Å². The van der Waals surface area contributed by atoms with Crippen molar-refractivity contribution >= 4 is 29.9 Å². The number of benzene rings is 1. The number of nitrogens with zero attached hydrogens (tertiary/aromatic N) is 2. The van der Waals surface area contributed by atoms with Crippen molar-refractivity contribution in [3.05, 3.63) is 59.9 Å². The lowest BCUT2D eigenvalue weighted by Gasteiger charge is -2.10. The molecule has 25 heavy (non-hydrogen) atoms. The molecule has 0 aliphatic rings. The average molecular weight is 450 g/mol. The number of nitrogens with one attached hydrogen (secondary N) is 2. The van der Waals surface area contributed by atoms with Crippen molar-refractivity contribution < 1.29 is 4.74 Å². The van der Waals surface area contributed by atoms with Gasteiger partial charge < -0.3 is 15.4 Å². The van der Waals surface area contributed by atoms with Crippen LogP contribution in [0.25, 0.3) is 0 Å². The van der Waals surface area contributed by atoms with Crippen molar-refractivity contribution in [2.24, 2.45) is 4.99 Å². The van der Waals surface area contributed by atoms with Gasteiger partial charge in [0.05, 0.1) is 18.8 Å². The van der Waals surface area contributed by atoms with Crippen LogP contribution in [-0.4, -0.2) is 24.0 Å². The van der Waals surface area contributed by atoms with E-state index in [9.17, 15) is 0 Å². The minimum Gasteiger partial charge on any atom is -0.487 e. The van der Waals surface area contributed by atoms with Gasteiger partial charge in [0, 0.05) is 12.7 Å². The zero-order valence-electron chi connectivity index (χ0n) is 14.2. The highest BCUT2D eigenvalue weighted by Gasteiger charge is 2.00. The average Bonchev–Trinajstić information content (AvgIpc) is 2.63. The summed E-state index contributed by atoms with van der Waals surface area (Å²) >= 11 is 0. The molecule has 5 nitrogen and oxygen atoms in total. The van der Waals surface area contributed by atoms with Crippen molar-refractivity contribution in [1.29, 1.82) is 0 Å². The highest BCUT2D eigenvalue weighted by molar-refractivity contribution is 14.0. The van der Waals surface area contributed by atoms with Crippen LogP contribution in [-0.2, 0) is 13.2 Å². The summed E-state index contributed by atoms with van der Waals surface area (Å²) in [5.41, 5.74) is 1.96. The van der Waals surface area contributed by atoms with Crippen LogP contribution in [0, 0.1) is 12.3 Å². The van der Waals surface area contributed by atoms with Gasteiger partial charge in [0.15, 0.2) is 5.96 Å². The number of hydrogen-bond donors (Lipinski definition) is 2. The fourth-order valence-electron chi connectivity index (χ4n) is 2.02. The Hall–Kier alpha value is -2.27. The van der Waals surface area contributed by atoms with E-state index in [1.54, 1.807) is 6.20 Å². The lowest BCUT2D eigenvalue weighted by atomic mass is 10.2. The van der Waals surface area contributed by atoms with Crippen LogP contribution in [0.1, 0.15) is 18.2 Å². The number of pyridine rings is 1. The highest BCUT2D eigenvalue weighted by Crippen LogP contribution is 2.15. The van der Waals surface area contributed by atoms with Gasteiger partial charge in [-0.1, -0.05) is 24.1 Å². The summed E-state index contributed by atoms with van der Waals surface area (Å²) in [5, 5.41) is 6.22. The van der Waals surface area contributed by atoms with E-state index in [0.29, 0.717) is 25.7 Å². The minimum absolute atomic E-state index is 0. The number of hydrogen-bond acceptors (Lipinski definition) is 3. The van der Waals surface area contributed by atoms with Crippen molar-refractivity contribution in [3.63, 3.8) is 0 Å². The van der Waals surface area contributed by atoms with E-state index in [1.165, 1.54) is 0 Å². The molecule has 0 fully saturated rings. The van der Waals surface area contributed by atoms with Crippen LogP contribution in [0.5, 0.6) is 5.75 Å². The van der Waals surface area contributed by atoms with Gasteiger partial charge in [-0.05, 0) is 36.8 Å². The maximum atomic E-state index is 5.78. The van der Waals surface area contributed by atoms with Crippen molar-refractivity contribution in [2.75, 3.05) is 13.1 Å². The van der Waals surface area contributed by atoms with Crippen molar-refractivity contribution in [3.8, 4) is 18.1 Å². The molecule has 0 bridgehead atoms. The van der Waals surface area contributed by atoms with E-state index in [-0.39, 0.29) is 24.0 Å². The van der Waals surface area contributed by atoms with E-state index < -0.39 is 0 Å². The maximum absolute atomic E-state index is 5.78. The molecule has 6 heteroatoms. The van der Waals surface area contributed by atoms with Gasteiger partial charge in [-0.25, -0.2) is 4.99 Å². The van der Waals surface area contributed by atoms with Crippen LogP contribution in [0.2, 0.25) is 0 Å². The van der Waals surface area contributed by atoms with Gasteiger partial charge in [0.2, 0.25) is 0 Å². The number of aliphatic imine (C=N–C) groups is 1. The van der Waals surface area contributed by atoms with E-state index in [4.69, 9.17) is 11.2 Å². The second-order valence-electron chi connectivity index (χ2n) is 5.01. The second-order valence-corrected chi connectivity index (χ2v) is 5.01. The summed E-state index contributed by atoms with van der Waals surface area (Å²) < 4.78 is 5.78. The summed E-state index contributed by atoms with van der Waals surface area (Å²) in [6.07, 6.45) is 7.02. The van der Waals surface area contributed by atoms with Crippen LogP contribution in [0.15, 0.2) is 53.7 Å². The molecule has 2 N–H and O–H groups in total. The summed E-state index contributed by atoms with van der Waals surface area (Å²) in [6, 6.07) is 13.7. The van der Waals surface area contributed by atoms with Crippen molar-refractivity contribution in [2.45, 2.75) is 20.1 Å². The Morgan fingerprint density at radius 3 is 2.84 bits per heavy atom. The zero-order chi connectivity index (χ0) is 17.0. The maximum Gasteiger partial charge on any atom is 0.192 e. The predicted molar refractivity (Wildman–Crippen MR) is 112 cm³/mol. The first-order valence-corrected chi connectivity index (χ1v) is 7.89. The third kappa shape index (κ3) is 7.90. The van der Waals surface area contributed by atoms with Crippen LogP contribution in [0.4, 0.5) is 0 Å². The molecule has 0 aliphatic carbocycles. The molecular weight excluding hydrogens is 427 g/mol. The van der Waals surface area contributed by atoms with E-state index in [0.717, 1.165) is 23.6 Å². The zero-order valence-corrected chi connectivity index (χ0v) is 16.6. The first kappa shape index (κ1) is 20.8. The molecule has 1 aromatic heterocycles. The van der Waals surface area contributed by atoms with Crippen LogP contribution < -0.4 is 15.4 Å². The molecule has 1 aromatic carbocycles. The largest absolute Gasteiger partial charge is 0.487 e. The highest BCUT2D eigenvalue weighted by atomic mass is 127. The number of guanidine groups is 1. The number of terminal acetylenes is 1.